The van der Waals surface area contributed by atoms with Crippen LogP contribution in [0.4, 0.5) is 4.39 Å². The van der Waals surface area contributed by atoms with Crippen molar-refractivity contribution >= 4 is 11.9 Å². The molecule has 1 aliphatic rings. The van der Waals surface area contributed by atoms with E-state index in [0.29, 0.717) is 36.4 Å². The number of esters is 1. The maximum atomic E-state index is 13.9. The SMILES string of the molecule is CCOC(=O)[C@H]1CCCN(C(=O)c2nn(-c3ccc(OC)c(OC)c3)c(=O)n(Cc3cccc(F)c3)c2=O)C1. The molecule has 1 aromatic heterocycles. The average molecular weight is 541 g/mol. The molecule has 2 aromatic carbocycles. The van der Waals surface area contributed by atoms with E-state index in [1.54, 1.807) is 19.1 Å². The number of likely N-dealkylation sites (tertiary alicyclic amines) is 1. The van der Waals surface area contributed by atoms with Gasteiger partial charge in [0.15, 0.2) is 11.5 Å². The number of hydrogen-bond acceptors (Lipinski definition) is 8. The third-order valence-corrected chi connectivity index (χ3v) is 6.43. The van der Waals surface area contributed by atoms with E-state index in [9.17, 15) is 23.6 Å². The van der Waals surface area contributed by atoms with Crippen molar-refractivity contribution in [1.29, 1.82) is 0 Å². The summed E-state index contributed by atoms with van der Waals surface area (Å²) in [5.74, 6) is -1.51. The fraction of sp³-hybridized carbons (Fsp3) is 0.370. The predicted octanol–water partition coefficient (Wildman–Crippen LogP) is 2.01. The number of aromatic nitrogens is 3. The summed E-state index contributed by atoms with van der Waals surface area (Å²) >= 11 is 0. The molecule has 0 radical (unpaired) electrons. The van der Waals surface area contributed by atoms with Crippen LogP contribution in [-0.2, 0) is 16.1 Å². The van der Waals surface area contributed by atoms with Crippen LogP contribution in [0.2, 0.25) is 0 Å². The Balaban J connectivity index is 1.83. The third-order valence-electron chi connectivity index (χ3n) is 6.43. The summed E-state index contributed by atoms with van der Waals surface area (Å²) in [7, 11) is 2.88. The number of nitrogens with zero attached hydrogens (tertiary/aromatic N) is 4. The Morgan fingerprint density at radius 2 is 1.85 bits per heavy atom. The van der Waals surface area contributed by atoms with E-state index in [4.69, 9.17) is 14.2 Å². The van der Waals surface area contributed by atoms with Gasteiger partial charge in [0, 0.05) is 19.2 Å². The highest BCUT2D eigenvalue weighted by Gasteiger charge is 2.32. The van der Waals surface area contributed by atoms with E-state index in [1.165, 1.54) is 49.5 Å². The molecule has 1 aliphatic heterocycles. The van der Waals surface area contributed by atoms with Gasteiger partial charge in [-0.3, -0.25) is 19.0 Å². The van der Waals surface area contributed by atoms with Crippen LogP contribution in [0, 0.1) is 11.7 Å². The van der Waals surface area contributed by atoms with Crippen LogP contribution in [0.3, 0.4) is 0 Å². The smallest absolute Gasteiger partial charge is 0.352 e. The Hall–Kier alpha value is -4.48. The number of methoxy groups -OCH3 is 2. The van der Waals surface area contributed by atoms with Crippen LogP contribution in [0.25, 0.3) is 5.69 Å². The van der Waals surface area contributed by atoms with Gasteiger partial charge in [-0.2, -0.15) is 9.78 Å². The minimum Gasteiger partial charge on any atom is -0.493 e. The maximum absolute atomic E-state index is 13.9. The van der Waals surface area contributed by atoms with Gasteiger partial charge >= 0.3 is 11.7 Å². The number of benzene rings is 2. The van der Waals surface area contributed by atoms with Crippen molar-refractivity contribution in [3.8, 4) is 17.2 Å². The van der Waals surface area contributed by atoms with E-state index in [-0.39, 0.29) is 25.4 Å². The molecule has 0 aliphatic carbocycles. The molecule has 0 unspecified atom stereocenters. The minimum atomic E-state index is -0.927. The Labute approximate surface area is 223 Å². The van der Waals surface area contributed by atoms with E-state index in [1.807, 2.05) is 0 Å². The summed E-state index contributed by atoms with van der Waals surface area (Å²) in [4.78, 5) is 54.3. The number of rotatable bonds is 8. The van der Waals surface area contributed by atoms with Crippen LogP contribution in [-0.4, -0.2) is 65.0 Å². The summed E-state index contributed by atoms with van der Waals surface area (Å²) in [6, 6.07) is 10.0. The zero-order valence-electron chi connectivity index (χ0n) is 21.9. The van der Waals surface area contributed by atoms with Crippen LogP contribution in [0.5, 0.6) is 11.5 Å². The van der Waals surface area contributed by atoms with Crippen molar-refractivity contribution in [3.05, 3.63) is 80.4 Å². The second kappa shape index (κ2) is 11.9. The molecule has 206 valence electrons. The van der Waals surface area contributed by atoms with Gasteiger partial charge in [0.2, 0.25) is 5.69 Å². The third kappa shape index (κ3) is 5.84. The van der Waals surface area contributed by atoms with Gasteiger partial charge in [-0.05, 0) is 49.6 Å². The monoisotopic (exact) mass is 540 g/mol. The molecule has 1 saturated heterocycles. The van der Waals surface area contributed by atoms with Gasteiger partial charge in [-0.25, -0.2) is 9.18 Å². The number of carbonyl (C=O) groups is 2. The number of ether oxygens (including phenoxy) is 3. The number of piperidine rings is 1. The Morgan fingerprint density at radius 3 is 2.54 bits per heavy atom. The van der Waals surface area contributed by atoms with Gasteiger partial charge in [-0.15, -0.1) is 0 Å². The molecule has 1 amide bonds. The fourth-order valence-electron chi connectivity index (χ4n) is 4.49. The quantitative estimate of drug-likeness (QED) is 0.398. The summed E-state index contributed by atoms with van der Waals surface area (Å²) in [5.41, 5.74) is -1.72. The van der Waals surface area contributed by atoms with Crippen molar-refractivity contribution in [2.24, 2.45) is 5.92 Å². The van der Waals surface area contributed by atoms with E-state index < -0.39 is 40.6 Å². The molecule has 11 nitrogen and oxygen atoms in total. The van der Waals surface area contributed by atoms with E-state index in [0.717, 1.165) is 9.25 Å². The molecule has 1 fully saturated rings. The molecule has 0 saturated carbocycles. The summed E-state index contributed by atoms with van der Waals surface area (Å²) < 4.78 is 31.3. The first-order chi connectivity index (χ1) is 18.8. The largest absolute Gasteiger partial charge is 0.493 e. The highest BCUT2D eigenvalue weighted by Crippen LogP contribution is 2.28. The molecule has 4 rings (SSSR count). The second-order valence-corrected chi connectivity index (χ2v) is 8.95. The summed E-state index contributed by atoms with van der Waals surface area (Å²) in [6.07, 6.45) is 1.08. The topological polar surface area (TPSA) is 122 Å². The van der Waals surface area contributed by atoms with Gasteiger partial charge in [0.05, 0.1) is 39.0 Å². The first-order valence-corrected chi connectivity index (χ1v) is 12.4. The Kier molecular flexibility index (Phi) is 8.43. The molecule has 12 heteroatoms. The average Bonchev–Trinajstić information content (AvgIpc) is 2.95. The van der Waals surface area contributed by atoms with Crippen LogP contribution in [0.15, 0.2) is 52.1 Å². The molecule has 2 heterocycles. The van der Waals surface area contributed by atoms with Gasteiger partial charge < -0.3 is 19.1 Å². The molecule has 3 aromatic rings. The van der Waals surface area contributed by atoms with Gasteiger partial charge in [0.25, 0.3) is 11.5 Å². The Morgan fingerprint density at radius 1 is 1.08 bits per heavy atom. The molecule has 0 bridgehead atoms. The first kappa shape index (κ1) is 27.6. The highest BCUT2D eigenvalue weighted by atomic mass is 19.1. The number of hydrogen-bond donors (Lipinski definition) is 0. The lowest BCUT2D eigenvalue weighted by molar-refractivity contribution is -0.149. The van der Waals surface area contributed by atoms with Gasteiger partial charge in [0.1, 0.15) is 5.82 Å². The summed E-state index contributed by atoms with van der Waals surface area (Å²) in [6.45, 7) is 1.97. The number of amides is 1. The van der Waals surface area contributed by atoms with Crippen LogP contribution < -0.4 is 20.7 Å². The maximum Gasteiger partial charge on any atom is 0.352 e. The van der Waals surface area contributed by atoms with Crippen molar-refractivity contribution in [1.82, 2.24) is 19.2 Å². The zero-order chi connectivity index (χ0) is 28.1. The Bertz CT molecular complexity index is 1500. The fourth-order valence-corrected chi connectivity index (χ4v) is 4.49. The molecule has 0 spiro atoms. The lowest BCUT2D eigenvalue weighted by Gasteiger charge is -2.31. The summed E-state index contributed by atoms with van der Waals surface area (Å²) in [5, 5.41) is 4.17. The molecular weight excluding hydrogens is 511 g/mol. The minimum absolute atomic E-state index is 0.0537. The van der Waals surface area contributed by atoms with E-state index in [2.05, 4.69) is 5.10 Å². The molecule has 39 heavy (non-hydrogen) atoms. The van der Waals surface area contributed by atoms with Crippen molar-refractivity contribution in [2.75, 3.05) is 33.9 Å². The highest BCUT2D eigenvalue weighted by molar-refractivity contribution is 5.92. The van der Waals surface area contributed by atoms with Crippen LogP contribution >= 0.6 is 0 Å². The van der Waals surface area contributed by atoms with Crippen molar-refractivity contribution in [2.45, 2.75) is 26.3 Å². The molecule has 1 atom stereocenters. The molecule has 0 N–H and O–H groups in total. The van der Waals surface area contributed by atoms with Crippen LogP contribution in [0.1, 0.15) is 35.8 Å². The predicted molar refractivity (Wildman–Crippen MR) is 138 cm³/mol. The standard InChI is InChI=1S/C27H29FN4O7/c1-4-39-26(35)18-8-6-12-30(16-18)24(33)23-25(34)31(15-17-7-5-9-19(28)13-17)27(36)32(29-23)20-10-11-21(37-2)22(14-20)38-3/h5,7,9-11,13-14,18H,4,6,8,12,15-16H2,1-3H3/t18-/m0/s1. The number of halogens is 1. The number of carbonyl (C=O) groups excluding carboxylic acids is 2. The van der Waals surface area contributed by atoms with E-state index >= 15 is 0 Å². The lowest BCUT2D eigenvalue weighted by atomic mass is 9.98. The van der Waals surface area contributed by atoms with Crippen molar-refractivity contribution in [3.63, 3.8) is 0 Å². The van der Waals surface area contributed by atoms with Crippen molar-refractivity contribution < 1.29 is 28.2 Å². The zero-order valence-corrected chi connectivity index (χ0v) is 21.9. The lowest BCUT2D eigenvalue weighted by Crippen LogP contribution is -2.49. The van der Waals surface area contributed by atoms with Gasteiger partial charge in [-0.1, -0.05) is 12.1 Å². The molecular formula is C27H29FN4O7. The normalized spacial score (nSPS) is 15.1. The second-order valence-electron chi connectivity index (χ2n) is 8.95. The first-order valence-electron chi connectivity index (χ1n) is 12.4.